The summed E-state index contributed by atoms with van der Waals surface area (Å²) in [5.74, 6) is 0.384. The molecule has 0 unspecified atom stereocenters. The number of benzene rings is 1. The Labute approximate surface area is 85.1 Å². The van der Waals surface area contributed by atoms with E-state index >= 15 is 0 Å². The van der Waals surface area contributed by atoms with Gasteiger partial charge in [-0.05, 0) is 12.1 Å². The second-order valence-electron chi connectivity index (χ2n) is 2.67. The second-order valence-corrected chi connectivity index (χ2v) is 2.94. The maximum atomic E-state index is 13.3. The number of para-hydroxylation sites is 1. The Morgan fingerprint density at radius 1 is 1.36 bits per heavy atom. The van der Waals surface area contributed by atoms with Crippen molar-refractivity contribution in [2.45, 2.75) is 5.88 Å². The highest BCUT2D eigenvalue weighted by atomic mass is 35.5. The molecule has 72 valence electrons. The smallest absolute Gasteiger partial charge is 0.148 e. The summed E-state index contributed by atoms with van der Waals surface area (Å²) >= 11 is 5.63. The molecule has 0 N–H and O–H groups in total. The first-order chi connectivity index (χ1) is 6.83. The maximum Gasteiger partial charge on any atom is 0.148 e. The van der Waals surface area contributed by atoms with Crippen LogP contribution in [-0.2, 0) is 5.88 Å². The zero-order valence-electron chi connectivity index (χ0n) is 7.19. The van der Waals surface area contributed by atoms with Gasteiger partial charge in [0.15, 0.2) is 0 Å². The van der Waals surface area contributed by atoms with E-state index in [0.717, 1.165) is 0 Å². The van der Waals surface area contributed by atoms with Gasteiger partial charge in [0.05, 0.1) is 5.88 Å². The van der Waals surface area contributed by atoms with E-state index in [2.05, 4.69) is 10.1 Å². The largest absolute Gasteiger partial charge is 0.218 e. The van der Waals surface area contributed by atoms with Crippen LogP contribution in [-0.4, -0.2) is 14.8 Å². The monoisotopic (exact) mass is 211 g/mol. The fourth-order valence-corrected chi connectivity index (χ4v) is 1.36. The van der Waals surface area contributed by atoms with Gasteiger partial charge in [0, 0.05) is 0 Å². The van der Waals surface area contributed by atoms with Gasteiger partial charge >= 0.3 is 0 Å². The molecule has 0 saturated carbocycles. The highest BCUT2D eigenvalue weighted by Gasteiger charge is 2.08. The van der Waals surface area contributed by atoms with Gasteiger partial charge in [-0.3, -0.25) is 0 Å². The molecule has 14 heavy (non-hydrogen) atoms. The van der Waals surface area contributed by atoms with Gasteiger partial charge in [-0.25, -0.2) is 14.1 Å². The van der Waals surface area contributed by atoms with E-state index in [1.54, 1.807) is 18.2 Å². The summed E-state index contributed by atoms with van der Waals surface area (Å²) in [6.45, 7) is 0. The van der Waals surface area contributed by atoms with Crippen LogP contribution in [0.25, 0.3) is 5.69 Å². The van der Waals surface area contributed by atoms with Crippen LogP contribution in [0, 0.1) is 5.82 Å². The molecule has 0 bridgehead atoms. The highest BCUT2D eigenvalue weighted by molar-refractivity contribution is 6.16. The minimum atomic E-state index is -0.343. The van der Waals surface area contributed by atoms with Gasteiger partial charge in [0.2, 0.25) is 0 Å². The predicted molar refractivity (Wildman–Crippen MR) is 50.9 cm³/mol. The van der Waals surface area contributed by atoms with E-state index in [0.29, 0.717) is 11.5 Å². The molecule has 2 aromatic rings. The summed E-state index contributed by atoms with van der Waals surface area (Å²) in [6.07, 6.45) is 1.35. The average Bonchev–Trinajstić information content (AvgIpc) is 2.66. The van der Waals surface area contributed by atoms with Crippen LogP contribution in [0.2, 0.25) is 0 Å². The minimum absolute atomic E-state index is 0.203. The van der Waals surface area contributed by atoms with Crippen LogP contribution in [0.5, 0.6) is 0 Å². The quantitative estimate of drug-likeness (QED) is 0.713. The van der Waals surface area contributed by atoms with Gasteiger partial charge in [-0.15, -0.1) is 11.6 Å². The van der Waals surface area contributed by atoms with E-state index in [1.807, 2.05) is 0 Å². The highest BCUT2D eigenvalue weighted by Crippen LogP contribution is 2.13. The van der Waals surface area contributed by atoms with Crippen LogP contribution >= 0.6 is 11.6 Å². The minimum Gasteiger partial charge on any atom is -0.218 e. The van der Waals surface area contributed by atoms with Crippen molar-refractivity contribution >= 4 is 11.6 Å². The molecule has 3 nitrogen and oxygen atoms in total. The van der Waals surface area contributed by atoms with Gasteiger partial charge in [0.1, 0.15) is 23.7 Å². The van der Waals surface area contributed by atoms with Crippen LogP contribution in [0.1, 0.15) is 5.82 Å². The molecule has 0 aliphatic heterocycles. The molecule has 0 spiro atoms. The Bertz CT molecular complexity index is 441. The van der Waals surface area contributed by atoms with E-state index in [9.17, 15) is 4.39 Å². The Morgan fingerprint density at radius 3 is 2.86 bits per heavy atom. The van der Waals surface area contributed by atoms with Crippen molar-refractivity contribution in [3.8, 4) is 5.69 Å². The lowest BCUT2D eigenvalue weighted by Gasteiger charge is -2.04. The third kappa shape index (κ3) is 1.48. The molecule has 0 atom stereocenters. The van der Waals surface area contributed by atoms with E-state index in [-0.39, 0.29) is 11.7 Å². The lowest BCUT2D eigenvalue weighted by atomic mass is 10.3. The molecule has 0 amide bonds. The maximum absolute atomic E-state index is 13.3. The molecule has 0 aliphatic carbocycles. The van der Waals surface area contributed by atoms with Crippen molar-refractivity contribution in [3.63, 3.8) is 0 Å². The van der Waals surface area contributed by atoms with E-state index in [4.69, 9.17) is 11.6 Å². The van der Waals surface area contributed by atoms with Crippen molar-refractivity contribution in [3.05, 3.63) is 42.2 Å². The third-order valence-corrected chi connectivity index (χ3v) is 2.06. The molecule has 1 heterocycles. The lowest BCUT2D eigenvalue weighted by molar-refractivity contribution is 0.607. The summed E-state index contributed by atoms with van der Waals surface area (Å²) in [7, 11) is 0. The second kappa shape index (κ2) is 3.75. The zero-order valence-corrected chi connectivity index (χ0v) is 7.95. The Morgan fingerprint density at radius 2 is 2.14 bits per heavy atom. The first-order valence-electron chi connectivity index (χ1n) is 4.02. The summed E-state index contributed by atoms with van der Waals surface area (Å²) in [6, 6.07) is 6.35. The predicted octanol–water partition coefficient (Wildman–Crippen LogP) is 2.15. The lowest BCUT2D eigenvalue weighted by Crippen LogP contribution is -2.03. The SMILES string of the molecule is Fc1ccccc1-n1ncnc1CCl. The summed E-state index contributed by atoms with van der Waals surface area (Å²) in [4.78, 5) is 3.91. The molecular formula is C9H7ClFN3. The Balaban J connectivity index is 2.54. The molecule has 5 heteroatoms. The van der Waals surface area contributed by atoms with Crippen molar-refractivity contribution in [2.24, 2.45) is 0 Å². The number of rotatable bonds is 2. The third-order valence-electron chi connectivity index (χ3n) is 1.82. The number of halogens is 2. The van der Waals surface area contributed by atoms with Gasteiger partial charge in [0.25, 0.3) is 0 Å². The molecule has 2 rings (SSSR count). The Hall–Kier alpha value is -1.42. The van der Waals surface area contributed by atoms with E-state index < -0.39 is 0 Å². The van der Waals surface area contributed by atoms with Crippen molar-refractivity contribution < 1.29 is 4.39 Å². The molecule has 0 radical (unpaired) electrons. The van der Waals surface area contributed by atoms with Gasteiger partial charge < -0.3 is 0 Å². The molecule has 0 aliphatic rings. The molecule has 1 aromatic heterocycles. The van der Waals surface area contributed by atoms with Crippen LogP contribution in [0.3, 0.4) is 0 Å². The zero-order chi connectivity index (χ0) is 9.97. The van der Waals surface area contributed by atoms with Gasteiger partial charge in [-0.2, -0.15) is 5.10 Å². The van der Waals surface area contributed by atoms with Crippen LogP contribution < -0.4 is 0 Å². The first kappa shape index (κ1) is 9.15. The fraction of sp³-hybridized carbons (Fsp3) is 0.111. The summed E-state index contributed by atoms with van der Waals surface area (Å²) < 4.78 is 14.7. The normalized spacial score (nSPS) is 10.4. The molecular weight excluding hydrogens is 205 g/mol. The number of alkyl halides is 1. The molecule has 0 saturated heterocycles. The van der Waals surface area contributed by atoms with Crippen molar-refractivity contribution in [1.82, 2.24) is 14.8 Å². The van der Waals surface area contributed by atoms with Gasteiger partial charge in [-0.1, -0.05) is 12.1 Å². The topological polar surface area (TPSA) is 30.7 Å². The molecule has 0 fully saturated rings. The van der Waals surface area contributed by atoms with Crippen LogP contribution in [0.15, 0.2) is 30.6 Å². The Kier molecular flexibility index (Phi) is 2.45. The first-order valence-corrected chi connectivity index (χ1v) is 4.56. The van der Waals surface area contributed by atoms with E-state index in [1.165, 1.54) is 17.1 Å². The molecule has 1 aromatic carbocycles. The fourth-order valence-electron chi connectivity index (χ4n) is 1.18. The van der Waals surface area contributed by atoms with Crippen LogP contribution in [0.4, 0.5) is 4.39 Å². The number of nitrogens with zero attached hydrogens (tertiary/aromatic N) is 3. The number of hydrogen-bond acceptors (Lipinski definition) is 2. The standard InChI is InChI=1S/C9H7ClFN3/c10-5-9-12-6-13-14(9)8-4-2-1-3-7(8)11/h1-4,6H,5H2. The number of aromatic nitrogens is 3. The summed E-state index contributed by atoms with van der Waals surface area (Å²) in [5.41, 5.74) is 0.362. The average molecular weight is 212 g/mol. The summed E-state index contributed by atoms with van der Waals surface area (Å²) in [5, 5.41) is 3.90. The number of hydrogen-bond donors (Lipinski definition) is 0. The van der Waals surface area contributed by atoms with Crippen molar-refractivity contribution in [1.29, 1.82) is 0 Å². The van der Waals surface area contributed by atoms with Crippen molar-refractivity contribution in [2.75, 3.05) is 0 Å².